The van der Waals surface area contributed by atoms with Crippen LogP contribution in [0.4, 0.5) is 11.4 Å². The maximum absolute atomic E-state index is 10.6. The van der Waals surface area contributed by atoms with Crippen molar-refractivity contribution in [1.29, 1.82) is 0 Å². The summed E-state index contributed by atoms with van der Waals surface area (Å²) in [6.07, 6.45) is 0. The first kappa shape index (κ1) is 12.8. The van der Waals surface area contributed by atoms with Gasteiger partial charge in [0.2, 0.25) is 0 Å². The lowest BCUT2D eigenvalue weighted by atomic mass is 10.1. The molecule has 0 amide bonds. The van der Waals surface area contributed by atoms with Crippen molar-refractivity contribution in [3.05, 3.63) is 33.3 Å². The van der Waals surface area contributed by atoms with Gasteiger partial charge in [-0.15, -0.1) is 0 Å². The molecular weight excluding hydrogens is 228 g/mol. The van der Waals surface area contributed by atoms with Gasteiger partial charge in [0.25, 0.3) is 5.69 Å². The Morgan fingerprint density at radius 2 is 2.00 bits per heavy atom. The molecule has 1 aromatic carbocycles. The van der Waals surface area contributed by atoms with Crippen LogP contribution in [0.15, 0.2) is 18.2 Å². The molecular formula is C11H15ClN2O2. The van der Waals surface area contributed by atoms with Gasteiger partial charge >= 0.3 is 0 Å². The van der Waals surface area contributed by atoms with E-state index in [1.54, 1.807) is 12.1 Å². The van der Waals surface area contributed by atoms with Gasteiger partial charge in [-0.25, -0.2) is 0 Å². The molecule has 0 aliphatic heterocycles. The first-order valence-electron chi connectivity index (χ1n) is 5.12. The molecule has 0 aliphatic rings. The summed E-state index contributed by atoms with van der Waals surface area (Å²) in [5.74, 6) is 0.481. The number of nitro benzene ring substituents is 1. The van der Waals surface area contributed by atoms with Crippen LogP contribution in [0.5, 0.6) is 0 Å². The minimum Gasteiger partial charge on any atom is -0.382 e. The molecule has 0 saturated heterocycles. The Balaban J connectivity index is 2.85. The number of nitrogens with zero attached hydrogens (tertiary/aromatic N) is 1. The molecule has 0 fully saturated rings. The number of rotatable bonds is 4. The Labute approximate surface area is 99.8 Å². The van der Waals surface area contributed by atoms with Crippen LogP contribution in [0.2, 0.25) is 5.02 Å². The highest BCUT2D eigenvalue weighted by Crippen LogP contribution is 2.27. The van der Waals surface area contributed by atoms with E-state index in [0.29, 0.717) is 5.92 Å². The van der Waals surface area contributed by atoms with Gasteiger partial charge in [0.05, 0.1) is 4.92 Å². The fourth-order valence-electron chi connectivity index (χ4n) is 1.17. The molecule has 1 aromatic rings. The van der Waals surface area contributed by atoms with E-state index in [9.17, 15) is 10.1 Å². The van der Waals surface area contributed by atoms with Crippen molar-refractivity contribution in [2.75, 3.05) is 5.32 Å². The molecule has 1 N–H and O–H groups in total. The molecule has 1 atom stereocenters. The lowest BCUT2D eigenvalue weighted by molar-refractivity contribution is -0.384. The maximum Gasteiger partial charge on any atom is 0.288 e. The van der Waals surface area contributed by atoms with Gasteiger partial charge in [0.15, 0.2) is 0 Å². The highest BCUT2D eigenvalue weighted by atomic mass is 35.5. The zero-order valence-corrected chi connectivity index (χ0v) is 10.3. The van der Waals surface area contributed by atoms with Crippen LogP contribution in [-0.4, -0.2) is 11.0 Å². The first-order chi connectivity index (χ1) is 7.41. The fraction of sp³-hybridized carbons (Fsp3) is 0.455. The third-order valence-electron chi connectivity index (χ3n) is 2.54. The zero-order chi connectivity index (χ0) is 12.3. The zero-order valence-electron chi connectivity index (χ0n) is 9.53. The van der Waals surface area contributed by atoms with Gasteiger partial charge in [-0.2, -0.15) is 0 Å². The van der Waals surface area contributed by atoms with E-state index >= 15 is 0 Å². The molecule has 0 aromatic heterocycles. The van der Waals surface area contributed by atoms with E-state index in [2.05, 4.69) is 26.1 Å². The predicted octanol–water partition coefficient (Wildman–Crippen LogP) is 3.70. The SMILES string of the molecule is CC(C)C(C)Nc1ccc([N+](=O)[O-])c(Cl)c1. The second kappa shape index (κ2) is 5.16. The monoisotopic (exact) mass is 242 g/mol. The van der Waals surface area contributed by atoms with E-state index in [-0.39, 0.29) is 16.8 Å². The Kier molecular flexibility index (Phi) is 4.12. The molecule has 1 unspecified atom stereocenters. The van der Waals surface area contributed by atoms with Gasteiger partial charge in [0.1, 0.15) is 5.02 Å². The molecule has 0 aliphatic carbocycles. The topological polar surface area (TPSA) is 55.2 Å². The molecule has 88 valence electrons. The molecule has 0 spiro atoms. The molecule has 0 bridgehead atoms. The van der Waals surface area contributed by atoms with Crippen molar-refractivity contribution in [1.82, 2.24) is 0 Å². The standard InChI is InChI=1S/C11H15ClN2O2/c1-7(2)8(3)13-9-4-5-11(14(15)16)10(12)6-9/h4-8,13H,1-3H3. The van der Waals surface area contributed by atoms with Crippen LogP contribution < -0.4 is 5.32 Å². The average molecular weight is 243 g/mol. The van der Waals surface area contributed by atoms with E-state index in [1.165, 1.54) is 6.07 Å². The summed E-state index contributed by atoms with van der Waals surface area (Å²) in [4.78, 5) is 10.1. The Hall–Kier alpha value is -1.29. The minimum atomic E-state index is -0.488. The second-order valence-electron chi connectivity index (χ2n) is 4.10. The molecule has 16 heavy (non-hydrogen) atoms. The molecule has 0 radical (unpaired) electrons. The van der Waals surface area contributed by atoms with Crippen molar-refractivity contribution < 1.29 is 4.92 Å². The highest BCUT2D eigenvalue weighted by molar-refractivity contribution is 6.32. The molecule has 4 nitrogen and oxygen atoms in total. The number of nitro groups is 1. The summed E-state index contributed by atoms with van der Waals surface area (Å²) in [6.45, 7) is 6.26. The number of nitrogens with one attached hydrogen (secondary N) is 1. The van der Waals surface area contributed by atoms with Gasteiger partial charge < -0.3 is 5.32 Å². The van der Waals surface area contributed by atoms with E-state index in [1.807, 2.05) is 0 Å². The largest absolute Gasteiger partial charge is 0.382 e. The van der Waals surface area contributed by atoms with Gasteiger partial charge in [-0.1, -0.05) is 25.4 Å². The lowest BCUT2D eigenvalue weighted by Crippen LogP contribution is -2.21. The Bertz CT molecular complexity index is 394. The van der Waals surface area contributed by atoms with E-state index in [4.69, 9.17) is 11.6 Å². The first-order valence-corrected chi connectivity index (χ1v) is 5.50. The number of halogens is 1. The van der Waals surface area contributed by atoms with Crippen LogP contribution in [0, 0.1) is 16.0 Å². The predicted molar refractivity (Wildman–Crippen MR) is 66.0 cm³/mol. The number of benzene rings is 1. The van der Waals surface area contributed by atoms with Gasteiger partial charge in [-0.05, 0) is 25.0 Å². The number of anilines is 1. The summed E-state index contributed by atoms with van der Waals surface area (Å²) >= 11 is 5.81. The third-order valence-corrected chi connectivity index (χ3v) is 2.84. The smallest absolute Gasteiger partial charge is 0.288 e. The van der Waals surface area contributed by atoms with E-state index in [0.717, 1.165) is 5.69 Å². The van der Waals surface area contributed by atoms with Crippen LogP contribution >= 0.6 is 11.6 Å². The number of hydrogen-bond acceptors (Lipinski definition) is 3. The normalized spacial score (nSPS) is 12.6. The highest BCUT2D eigenvalue weighted by Gasteiger charge is 2.13. The molecule has 5 heteroatoms. The Morgan fingerprint density at radius 3 is 2.44 bits per heavy atom. The molecule has 0 saturated carbocycles. The van der Waals surface area contributed by atoms with Crippen LogP contribution in [0.3, 0.4) is 0 Å². The van der Waals surface area contributed by atoms with Crippen LogP contribution in [0.25, 0.3) is 0 Å². The summed E-state index contributed by atoms with van der Waals surface area (Å²) < 4.78 is 0. The maximum atomic E-state index is 10.6. The van der Waals surface area contributed by atoms with Crippen molar-refractivity contribution in [2.24, 2.45) is 5.92 Å². The average Bonchev–Trinajstić information content (AvgIpc) is 2.16. The Morgan fingerprint density at radius 1 is 1.38 bits per heavy atom. The molecule has 0 heterocycles. The fourth-order valence-corrected chi connectivity index (χ4v) is 1.42. The summed E-state index contributed by atoms with van der Waals surface area (Å²) in [7, 11) is 0. The molecule has 1 rings (SSSR count). The van der Waals surface area contributed by atoms with Crippen molar-refractivity contribution >= 4 is 23.0 Å². The lowest BCUT2D eigenvalue weighted by Gasteiger charge is -2.18. The van der Waals surface area contributed by atoms with Crippen LogP contribution in [-0.2, 0) is 0 Å². The second-order valence-corrected chi connectivity index (χ2v) is 4.51. The number of hydrogen-bond donors (Lipinski definition) is 1. The van der Waals surface area contributed by atoms with Gasteiger partial charge in [0, 0.05) is 17.8 Å². The summed E-state index contributed by atoms with van der Waals surface area (Å²) in [5, 5.41) is 14.0. The quantitative estimate of drug-likeness (QED) is 0.647. The van der Waals surface area contributed by atoms with Gasteiger partial charge in [-0.3, -0.25) is 10.1 Å². The van der Waals surface area contributed by atoms with Crippen LogP contribution in [0.1, 0.15) is 20.8 Å². The van der Waals surface area contributed by atoms with E-state index < -0.39 is 4.92 Å². The van der Waals surface area contributed by atoms with Crippen molar-refractivity contribution in [3.63, 3.8) is 0 Å². The van der Waals surface area contributed by atoms with Crippen molar-refractivity contribution in [2.45, 2.75) is 26.8 Å². The minimum absolute atomic E-state index is 0.0654. The summed E-state index contributed by atoms with van der Waals surface area (Å²) in [6, 6.07) is 4.96. The summed E-state index contributed by atoms with van der Waals surface area (Å²) in [5.41, 5.74) is 0.737. The van der Waals surface area contributed by atoms with Crippen molar-refractivity contribution in [3.8, 4) is 0 Å². The third kappa shape index (κ3) is 3.10.